The van der Waals surface area contributed by atoms with Gasteiger partial charge in [-0.15, -0.1) is 0 Å². The molecule has 0 unspecified atom stereocenters. The summed E-state index contributed by atoms with van der Waals surface area (Å²) < 4.78 is 2.04. The van der Waals surface area contributed by atoms with Gasteiger partial charge in [0.1, 0.15) is 17.3 Å². The highest BCUT2D eigenvalue weighted by Gasteiger charge is 2.14. The third-order valence-electron chi connectivity index (χ3n) is 4.50. The Hall–Kier alpha value is -3.04. The highest BCUT2D eigenvalue weighted by Crippen LogP contribution is 2.24. The number of unbranched alkanes of at least 4 members (excludes halogenated alkanes) is 2. The lowest BCUT2D eigenvalue weighted by molar-refractivity contribution is 0.282. The molecule has 0 saturated carbocycles. The van der Waals surface area contributed by atoms with Crippen molar-refractivity contribution in [2.45, 2.75) is 32.4 Å². The predicted molar refractivity (Wildman–Crippen MR) is 114 cm³/mol. The summed E-state index contributed by atoms with van der Waals surface area (Å²) in [5.74, 6) is 1.14. The maximum atomic E-state index is 9.86. The number of halogens is 1. The van der Waals surface area contributed by atoms with Crippen LogP contribution in [0.5, 0.6) is 5.75 Å². The second-order valence-electron chi connectivity index (χ2n) is 6.60. The molecule has 0 aliphatic carbocycles. The van der Waals surface area contributed by atoms with Crippen LogP contribution in [-0.4, -0.2) is 36.3 Å². The lowest BCUT2D eigenvalue weighted by Crippen LogP contribution is -2.18. The molecule has 3 rings (SSSR count). The summed E-state index contributed by atoms with van der Waals surface area (Å²) in [6, 6.07) is 5.07. The molecule has 0 radical (unpaired) electrons. The first-order chi connectivity index (χ1) is 13.9. The van der Waals surface area contributed by atoms with E-state index >= 15 is 0 Å². The molecule has 7 N–H and O–H groups in total. The number of aromatic hydroxyl groups is 1. The molecule has 0 aliphatic rings. The van der Waals surface area contributed by atoms with E-state index in [0.717, 1.165) is 36.1 Å². The maximum absolute atomic E-state index is 9.86. The van der Waals surface area contributed by atoms with E-state index < -0.39 is 0 Å². The van der Waals surface area contributed by atoms with Gasteiger partial charge >= 0.3 is 0 Å². The highest BCUT2D eigenvalue weighted by atomic mass is 35.5. The minimum Gasteiger partial charge on any atom is -0.508 e. The molecule has 0 aliphatic heterocycles. The molecule has 0 atom stereocenters. The van der Waals surface area contributed by atoms with Crippen molar-refractivity contribution in [1.82, 2.24) is 24.8 Å². The van der Waals surface area contributed by atoms with Crippen molar-refractivity contribution in [3.8, 4) is 5.75 Å². The van der Waals surface area contributed by atoms with Gasteiger partial charge in [0.2, 0.25) is 0 Å². The molecule has 154 valence electrons. The van der Waals surface area contributed by atoms with E-state index in [9.17, 15) is 5.11 Å². The number of phenolic OH excluding ortho intramolecular Hbond substituents is 1. The Morgan fingerprint density at radius 1 is 1.14 bits per heavy atom. The van der Waals surface area contributed by atoms with Gasteiger partial charge in [0, 0.05) is 19.2 Å². The molecule has 10 heteroatoms. The number of aliphatic hydroxyl groups excluding tert-OH is 1. The van der Waals surface area contributed by atoms with Crippen molar-refractivity contribution < 1.29 is 10.2 Å². The number of fused-ring (bicyclic) bond motifs is 1. The first-order valence-corrected chi connectivity index (χ1v) is 9.59. The quantitative estimate of drug-likeness (QED) is 0.333. The van der Waals surface area contributed by atoms with Crippen molar-refractivity contribution in [1.29, 1.82) is 0 Å². The zero-order valence-electron chi connectivity index (χ0n) is 15.9. The summed E-state index contributed by atoms with van der Waals surface area (Å²) in [5, 5.41) is 22.1. The maximum Gasteiger partial charge on any atom is 0.172 e. The van der Waals surface area contributed by atoms with Crippen molar-refractivity contribution in [3.63, 3.8) is 0 Å². The van der Waals surface area contributed by atoms with Crippen LogP contribution in [0.1, 0.15) is 30.8 Å². The van der Waals surface area contributed by atoms with E-state index in [0.29, 0.717) is 24.5 Å². The first kappa shape index (κ1) is 20.7. The summed E-state index contributed by atoms with van der Waals surface area (Å²) in [6.07, 6.45) is 2.52. The van der Waals surface area contributed by atoms with Gasteiger partial charge in [-0.2, -0.15) is 0 Å². The van der Waals surface area contributed by atoms with Crippen LogP contribution in [0.25, 0.3) is 16.7 Å². The number of aromatic nitrogens is 4. The van der Waals surface area contributed by atoms with Crippen LogP contribution in [-0.2, 0) is 13.1 Å². The monoisotopic (exact) mass is 417 g/mol. The van der Waals surface area contributed by atoms with Crippen LogP contribution >= 0.6 is 11.6 Å². The van der Waals surface area contributed by atoms with Crippen molar-refractivity contribution in [2.24, 2.45) is 0 Å². The molecule has 0 amide bonds. The molecule has 9 nitrogen and oxygen atoms in total. The van der Waals surface area contributed by atoms with Crippen LogP contribution < -0.4 is 16.8 Å². The zero-order valence-corrected chi connectivity index (χ0v) is 16.7. The second-order valence-corrected chi connectivity index (χ2v) is 6.96. The lowest BCUT2D eigenvalue weighted by Gasteiger charge is -2.13. The Kier molecular flexibility index (Phi) is 6.40. The van der Waals surface area contributed by atoms with Gasteiger partial charge in [-0.25, -0.2) is 15.0 Å². The number of phenols is 1. The van der Waals surface area contributed by atoms with Crippen LogP contribution in [0, 0.1) is 0 Å². The van der Waals surface area contributed by atoms with Gasteiger partial charge in [0.15, 0.2) is 16.8 Å². The molecule has 1 aromatic carbocycles. The van der Waals surface area contributed by atoms with Gasteiger partial charge in [-0.3, -0.25) is 0 Å². The fraction of sp³-hybridized carbons (Fsp3) is 0.316. The number of hydrogen-bond acceptors (Lipinski definition) is 8. The van der Waals surface area contributed by atoms with E-state index in [-0.39, 0.29) is 29.1 Å². The van der Waals surface area contributed by atoms with E-state index in [2.05, 4.69) is 26.8 Å². The number of nitrogens with two attached hydrogens (primary N) is 2. The molecular formula is C19H24ClN7O2. The fourth-order valence-electron chi connectivity index (χ4n) is 3.04. The molecule has 29 heavy (non-hydrogen) atoms. The molecule has 0 fully saturated rings. The number of nitrogens with zero attached hydrogens (tertiary/aromatic N) is 4. The number of aryl methyl sites for hydroxylation is 1. The van der Waals surface area contributed by atoms with Crippen molar-refractivity contribution >= 4 is 40.0 Å². The number of anilines is 2. The number of imidazole rings is 1. The molecule has 2 aromatic heterocycles. The van der Waals surface area contributed by atoms with Crippen molar-refractivity contribution in [2.75, 3.05) is 18.1 Å². The number of rotatable bonds is 9. The minimum atomic E-state index is 0.0590. The Labute approximate surface area is 173 Å². The molecule has 0 bridgehead atoms. The second kappa shape index (κ2) is 8.97. The van der Waals surface area contributed by atoms with E-state index in [1.807, 2.05) is 4.57 Å². The third-order valence-corrected chi connectivity index (χ3v) is 4.78. The van der Waals surface area contributed by atoms with Gasteiger partial charge in [-0.05, 0) is 31.4 Å². The largest absolute Gasteiger partial charge is 0.508 e. The smallest absolute Gasteiger partial charge is 0.172 e. The fourth-order valence-corrected chi connectivity index (χ4v) is 3.16. The predicted octanol–water partition coefficient (Wildman–Crippen LogP) is 2.27. The number of hydrogen-bond donors (Lipinski definition) is 5. The number of nitrogen functional groups attached to an aromatic ring is 2. The molecule has 0 spiro atoms. The lowest BCUT2D eigenvalue weighted by atomic mass is 10.2. The summed E-state index contributed by atoms with van der Waals surface area (Å²) in [4.78, 5) is 12.8. The Morgan fingerprint density at radius 3 is 2.69 bits per heavy atom. The first-order valence-electron chi connectivity index (χ1n) is 9.21. The van der Waals surface area contributed by atoms with E-state index in [4.69, 9.17) is 28.2 Å². The number of nitrogens with one attached hydrogen (secondary N) is 1. The van der Waals surface area contributed by atoms with E-state index in [1.54, 1.807) is 18.2 Å². The normalized spacial score (nSPS) is 11.1. The van der Waals surface area contributed by atoms with Gasteiger partial charge in [-0.1, -0.05) is 18.2 Å². The Balaban J connectivity index is 1.81. The summed E-state index contributed by atoms with van der Waals surface area (Å²) in [7, 11) is 0. The average molecular weight is 418 g/mol. The van der Waals surface area contributed by atoms with Crippen molar-refractivity contribution in [3.05, 3.63) is 41.4 Å². The highest BCUT2D eigenvalue weighted by molar-refractivity contribution is 6.31. The molecular weight excluding hydrogens is 394 g/mol. The topological polar surface area (TPSA) is 148 Å². The van der Waals surface area contributed by atoms with Crippen LogP contribution in [0.2, 0.25) is 5.15 Å². The third kappa shape index (κ3) is 4.69. The summed E-state index contributed by atoms with van der Waals surface area (Å²) in [6.45, 7) is 5.20. The molecule has 0 saturated heterocycles. The summed E-state index contributed by atoms with van der Waals surface area (Å²) in [5.41, 5.74) is 13.9. The van der Waals surface area contributed by atoms with Gasteiger partial charge in [0.05, 0.1) is 23.3 Å². The number of aliphatic hydroxyl groups is 1. The Bertz CT molecular complexity index is 1040. The van der Waals surface area contributed by atoms with Gasteiger partial charge < -0.3 is 31.6 Å². The van der Waals surface area contributed by atoms with E-state index in [1.165, 1.54) is 0 Å². The zero-order chi connectivity index (χ0) is 21.0. The average Bonchev–Trinajstić information content (AvgIpc) is 3.03. The van der Waals surface area contributed by atoms with Gasteiger partial charge in [0.25, 0.3) is 0 Å². The van der Waals surface area contributed by atoms with Crippen LogP contribution in [0.4, 0.5) is 11.6 Å². The standard InChI is InChI=1S/C19H24ClN7O2/c1-11(16-18(21)26-19(22)17(20)25-16)23-10-15-24-13-6-5-12(29)9-14(13)27(15)7-3-2-4-8-28/h5-6,9,23,28-29H,1-4,7-8,10H2,(H4,21,22,26). The molecule has 3 aromatic rings. The number of benzene rings is 1. The van der Waals surface area contributed by atoms with Crippen LogP contribution in [0.3, 0.4) is 0 Å². The molecule has 2 heterocycles. The summed E-state index contributed by atoms with van der Waals surface area (Å²) >= 11 is 5.94. The minimum absolute atomic E-state index is 0.0590. The Morgan fingerprint density at radius 2 is 1.93 bits per heavy atom. The van der Waals surface area contributed by atoms with Crippen LogP contribution in [0.15, 0.2) is 24.8 Å². The SMILES string of the molecule is C=C(NCc1nc2ccc(O)cc2n1CCCCCO)c1nc(Cl)c(N)nc1N.